The van der Waals surface area contributed by atoms with E-state index in [4.69, 9.17) is 4.74 Å². The second-order valence-electron chi connectivity index (χ2n) is 5.19. The monoisotopic (exact) mass is 345 g/mol. The highest BCUT2D eigenvalue weighted by atomic mass is 32.2. The van der Waals surface area contributed by atoms with Crippen molar-refractivity contribution in [1.82, 2.24) is 10.2 Å². The van der Waals surface area contributed by atoms with Crippen LogP contribution in [0.3, 0.4) is 0 Å². The number of aromatic amines is 1. The summed E-state index contributed by atoms with van der Waals surface area (Å²) < 4.78 is 18.1. The van der Waals surface area contributed by atoms with Gasteiger partial charge in [0.05, 0.1) is 17.9 Å². The van der Waals surface area contributed by atoms with Crippen molar-refractivity contribution in [2.45, 2.75) is 17.1 Å². The van der Waals surface area contributed by atoms with E-state index < -0.39 is 0 Å². The van der Waals surface area contributed by atoms with Crippen molar-refractivity contribution in [3.63, 3.8) is 0 Å². The van der Waals surface area contributed by atoms with Crippen LogP contribution in [-0.2, 0) is 4.79 Å². The van der Waals surface area contributed by atoms with Gasteiger partial charge in [-0.1, -0.05) is 0 Å². The van der Waals surface area contributed by atoms with Crippen LogP contribution in [0.25, 0.3) is 10.9 Å². The fourth-order valence-corrected chi connectivity index (χ4v) is 3.08. The van der Waals surface area contributed by atoms with E-state index in [9.17, 15) is 9.18 Å². The quantitative estimate of drug-likeness (QED) is 0.690. The highest BCUT2D eigenvalue weighted by Gasteiger charge is 2.17. The number of ether oxygens (including phenoxy) is 1. The lowest BCUT2D eigenvalue weighted by molar-refractivity contribution is -0.115. The highest BCUT2D eigenvalue weighted by Crippen LogP contribution is 2.27. The number of carbonyl (C=O) groups is 1. The second-order valence-corrected chi connectivity index (χ2v) is 6.60. The van der Waals surface area contributed by atoms with Crippen molar-refractivity contribution >= 4 is 34.4 Å². The molecule has 0 aliphatic carbocycles. The molecule has 1 aromatic heterocycles. The van der Waals surface area contributed by atoms with E-state index in [-0.39, 0.29) is 17.0 Å². The van der Waals surface area contributed by atoms with Crippen molar-refractivity contribution in [3.8, 4) is 5.75 Å². The zero-order valence-corrected chi connectivity index (χ0v) is 14.0. The Hall–Kier alpha value is -2.54. The van der Waals surface area contributed by atoms with Gasteiger partial charge in [0.25, 0.3) is 0 Å². The molecule has 1 heterocycles. The van der Waals surface area contributed by atoms with Gasteiger partial charge in [-0.05, 0) is 43.3 Å². The number of benzene rings is 2. The second kappa shape index (κ2) is 6.92. The number of nitrogens with one attached hydrogen (secondary N) is 2. The summed E-state index contributed by atoms with van der Waals surface area (Å²) in [6, 6.07) is 11.5. The summed E-state index contributed by atoms with van der Waals surface area (Å²) >= 11 is 1.36. The molecule has 1 amide bonds. The molecule has 0 bridgehead atoms. The molecule has 0 saturated heterocycles. The molecule has 3 aromatic rings. The number of carbonyl (C=O) groups excluding carboxylic acids is 1. The van der Waals surface area contributed by atoms with Gasteiger partial charge >= 0.3 is 0 Å². The maximum absolute atomic E-state index is 12.9. The zero-order valence-electron chi connectivity index (χ0n) is 13.2. The van der Waals surface area contributed by atoms with Gasteiger partial charge in [-0.25, -0.2) is 4.39 Å². The lowest BCUT2D eigenvalue weighted by atomic mass is 10.2. The summed E-state index contributed by atoms with van der Waals surface area (Å²) in [4.78, 5) is 13.2. The molecule has 124 valence electrons. The predicted molar refractivity (Wildman–Crippen MR) is 93.0 cm³/mol. The number of fused-ring (bicyclic) bond motifs is 1. The first-order valence-corrected chi connectivity index (χ1v) is 8.20. The molecule has 1 atom stereocenters. The smallest absolute Gasteiger partial charge is 0.238 e. The Morgan fingerprint density at radius 2 is 2.04 bits per heavy atom. The van der Waals surface area contributed by atoms with Gasteiger partial charge in [-0.2, -0.15) is 5.10 Å². The van der Waals surface area contributed by atoms with Crippen molar-refractivity contribution in [3.05, 3.63) is 48.3 Å². The Kier molecular flexibility index (Phi) is 4.71. The number of hydrogen-bond donors (Lipinski definition) is 2. The summed E-state index contributed by atoms with van der Waals surface area (Å²) in [5.74, 6) is 0.719. The van der Waals surface area contributed by atoms with E-state index in [1.165, 1.54) is 23.9 Å². The van der Waals surface area contributed by atoms with Crippen LogP contribution in [0.2, 0.25) is 0 Å². The first-order valence-electron chi connectivity index (χ1n) is 7.32. The number of halogens is 1. The summed E-state index contributed by atoms with van der Waals surface area (Å²) in [6.45, 7) is 1.79. The lowest BCUT2D eigenvalue weighted by Gasteiger charge is -2.11. The van der Waals surface area contributed by atoms with Crippen LogP contribution in [-0.4, -0.2) is 28.5 Å². The number of anilines is 1. The topological polar surface area (TPSA) is 67.0 Å². The van der Waals surface area contributed by atoms with Crippen LogP contribution < -0.4 is 10.1 Å². The zero-order chi connectivity index (χ0) is 17.1. The van der Waals surface area contributed by atoms with Crippen LogP contribution in [0.15, 0.2) is 47.4 Å². The Morgan fingerprint density at radius 3 is 2.75 bits per heavy atom. The molecule has 3 rings (SSSR count). The molecule has 0 radical (unpaired) electrons. The fraction of sp³-hybridized carbons (Fsp3) is 0.176. The van der Waals surface area contributed by atoms with Gasteiger partial charge < -0.3 is 10.1 Å². The normalized spacial score (nSPS) is 12.1. The number of hydrogen-bond acceptors (Lipinski definition) is 4. The standard InChI is InChI=1S/C17H16FN3O2S/c1-10(24-13-6-3-11(18)4-7-13)17(22)19-16-14-8-5-12(23-2)9-15(14)20-21-16/h3-10H,1-2H3,(H2,19,20,21,22). The van der Waals surface area contributed by atoms with E-state index in [2.05, 4.69) is 15.5 Å². The minimum Gasteiger partial charge on any atom is -0.497 e. The van der Waals surface area contributed by atoms with Gasteiger partial charge in [0.15, 0.2) is 5.82 Å². The average Bonchev–Trinajstić information content (AvgIpc) is 2.98. The molecule has 2 N–H and O–H groups in total. The SMILES string of the molecule is COc1ccc2c(NC(=O)C(C)Sc3ccc(F)cc3)n[nH]c2c1. The molecule has 0 aliphatic rings. The molecule has 0 spiro atoms. The third-order valence-electron chi connectivity index (χ3n) is 3.51. The molecule has 0 saturated carbocycles. The predicted octanol–water partition coefficient (Wildman–Crippen LogP) is 3.83. The van der Waals surface area contributed by atoms with Crippen molar-refractivity contribution in [1.29, 1.82) is 0 Å². The van der Waals surface area contributed by atoms with Gasteiger partial charge in [0.2, 0.25) is 5.91 Å². The van der Waals surface area contributed by atoms with Crippen LogP contribution in [0.1, 0.15) is 6.92 Å². The minimum atomic E-state index is -0.347. The number of H-pyrrole nitrogens is 1. The van der Waals surface area contributed by atoms with E-state index in [0.29, 0.717) is 11.6 Å². The third kappa shape index (κ3) is 3.51. The van der Waals surface area contributed by atoms with Crippen LogP contribution in [0, 0.1) is 5.82 Å². The number of methoxy groups -OCH3 is 1. The van der Waals surface area contributed by atoms with Crippen molar-refractivity contribution in [2.24, 2.45) is 0 Å². The largest absolute Gasteiger partial charge is 0.497 e. The molecule has 7 heteroatoms. The van der Waals surface area contributed by atoms with E-state index in [1.54, 1.807) is 26.2 Å². The molecular weight excluding hydrogens is 329 g/mol. The maximum Gasteiger partial charge on any atom is 0.238 e. The van der Waals surface area contributed by atoms with Crippen molar-refractivity contribution in [2.75, 3.05) is 12.4 Å². The average molecular weight is 345 g/mol. The van der Waals surface area contributed by atoms with E-state index in [0.717, 1.165) is 15.8 Å². The number of aromatic nitrogens is 2. The van der Waals surface area contributed by atoms with Gasteiger partial charge in [0.1, 0.15) is 11.6 Å². The number of rotatable bonds is 5. The maximum atomic E-state index is 12.9. The Bertz CT molecular complexity index is 864. The lowest BCUT2D eigenvalue weighted by Crippen LogP contribution is -2.22. The summed E-state index contributed by atoms with van der Waals surface area (Å²) in [6.07, 6.45) is 0. The molecule has 24 heavy (non-hydrogen) atoms. The van der Waals surface area contributed by atoms with E-state index in [1.807, 2.05) is 18.2 Å². The summed E-state index contributed by atoms with van der Waals surface area (Å²) in [5.41, 5.74) is 0.781. The molecule has 0 fully saturated rings. The molecule has 2 aromatic carbocycles. The summed E-state index contributed by atoms with van der Waals surface area (Å²) in [5, 5.41) is 10.3. The Balaban J connectivity index is 1.71. The van der Waals surface area contributed by atoms with Crippen LogP contribution in [0.5, 0.6) is 5.75 Å². The molecule has 5 nitrogen and oxygen atoms in total. The van der Waals surface area contributed by atoms with Gasteiger partial charge in [0, 0.05) is 16.3 Å². The minimum absolute atomic E-state index is 0.173. The first-order chi connectivity index (χ1) is 11.6. The number of nitrogens with zero attached hydrogens (tertiary/aromatic N) is 1. The highest BCUT2D eigenvalue weighted by molar-refractivity contribution is 8.00. The molecular formula is C17H16FN3O2S. The molecule has 1 unspecified atom stereocenters. The first kappa shape index (κ1) is 16.3. The third-order valence-corrected chi connectivity index (χ3v) is 4.62. The van der Waals surface area contributed by atoms with Crippen molar-refractivity contribution < 1.29 is 13.9 Å². The van der Waals surface area contributed by atoms with Crippen LogP contribution >= 0.6 is 11.8 Å². The van der Waals surface area contributed by atoms with Crippen LogP contribution in [0.4, 0.5) is 10.2 Å². The molecule has 0 aliphatic heterocycles. The van der Waals surface area contributed by atoms with Gasteiger partial charge in [-0.15, -0.1) is 11.8 Å². The number of thioether (sulfide) groups is 1. The fourth-order valence-electron chi connectivity index (χ4n) is 2.21. The van der Waals surface area contributed by atoms with E-state index >= 15 is 0 Å². The van der Waals surface area contributed by atoms with Gasteiger partial charge in [-0.3, -0.25) is 9.89 Å². The Morgan fingerprint density at radius 1 is 1.29 bits per heavy atom. The number of amides is 1. The Labute approximate surface area is 142 Å². The summed E-state index contributed by atoms with van der Waals surface area (Å²) in [7, 11) is 1.59.